The van der Waals surface area contributed by atoms with E-state index in [1.807, 2.05) is 0 Å². The minimum Gasteiger partial charge on any atom is -0.496 e. The fourth-order valence-corrected chi connectivity index (χ4v) is 2.64. The molecule has 2 unspecified atom stereocenters. The maximum Gasteiger partial charge on any atom is 0.254 e. The topological polar surface area (TPSA) is 104 Å². The zero-order valence-electron chi connectivity index (χ0n) is 12.9. The minimum absolute atomic E-state index is 0.0804. The Bertz CT molecular complexity index is 811. The number of carbonyl (C=O) groups is 2. The zero-order valence-corrected chi connectivity index (χ0v) is 12.9. The van der Waals surface area contributed by atoms with Gasteiger partial charge >= 0.3 is 0 Å². The van der Waals surface area contributed by atoms with Gasteiger partial charge in [-0.3, -0.25) is 14.6 Å². The molecule has 1 fully saturated rings. The van der Waals surface area contributed by atoms with Gasteiger partial charge < -0.3 is 20.5 Å². The summed E-state index contributed by atoms with van der Waals surface area (Å²) in [5, 5.41) is 3.15. The first-order chi connectivity index (χ1) is 11.5. The first-order valence-corrected chi connectivity index (χ1v) is 7.33. The fourth-order valence-electron chi connectivity index (χ4n) is 2.64. The van der Waals surface area contributed by atoms with Crippen molar-refractivity contribution >= 4 is 22.7 Å². The van der Waals surface area contributed by atoms with E-state index < -0.39 is 18.0 Å². The van der Waals surface area contributed by atoms with Crippen LogP contribution in [0.15, 0.2) is 24.4 Å². The molecule has 0 bridgehead atoms. The van der Waals surface area contributed by atoms with Crippen LogP contribution in [-0.2, 0) is 4.79 Å². The van der Waals surface area contributed by atoms with Crippen molar-refractivity contribution in [1.29, 1.82) is 0 Å². The van der Waals surface area contributed by atoms with E-state index in [0.717, 1.165) is 0 Å². The van der Waals surface area contributed by atoms with Gasteiger partial charge in [-0.1, -0.05) is 0 Å². The first-order valence-electron chi connectivity index (χ1n) is 7.33. The maximum absolute atomic E-state index is 13.2. The van der Waals surface area contributed by atoms with Crippen molar-refractivity contribution in [2.45, 2.75) is 18.6 Å². The smallest absolute Gasteiger partial charge is 0.254 e. The van der Waals surface area contributed by atoms with Crippen LogP contribution in [0.25, 0.3) is 10.9 Å². The number of primary amides is 1. The Labute approximate surface area is 136 Å². The fraction of sp³-hybridized carbons (Fsp3) is 0.312. The highest BCUT2D eigenvalue weighted by atomic mass is 19.1. The van der Waals surface area contributed by atoms with Crippen LogP contribution in [0.1, 0.15) is 16.8 Å². The van der Waals surface area contributed by atoms with Crippen molar-refractivity contribution in [2.75, 3.05) is 13.7 Å². The van der Waals surface area contributed by atoms with Gasteiger partial charge in [-0.05, 0) is 18.2 Å². The molecule has 1 aromatic carbocycles. The summed E-state index contributed by atoms with van der Waals surface area (Å²) < 4.78 is 24.1. The molecule has 24 heavy (non-hydrogen) atoms. The Morgan fingerprint density at radius 3 is 2.88 bits per heavy atom. The number of halogens is 1. The number of benzene rings is 1. The highest BCUT2D eigenvalue weighted by Gasteiger charge is 2.32. The summed E-state index contributed by atoms with van der Waals surface area (Å²) in [5.41, 5.74) is 6.07. The average Bonchev–Trinajstić information content (AvgIpc) is 2.89. The minimum atomic E-state index is -1.49. The maximum atomic E-state index is 13.2. The molecule has 2 aromatic rings. The van der Waals surface area contributed by atoms with Crippen LogP contribution in [0.3, 0.4) is 0 Å². The molecule has 0 spiro atoms. The highest BCUT2D eigenvalue weighted by Crippen LogP contribution is 2.31. The Morgan fingerprint density at radius 2 is 2.25 bits per heavy atom. The molecule has 3 rings (SSSR count). The van der Waals surface area contributed by atoms with E-state index in [-0.39, 0.29) is 24.6 Å². The molecule has 0 radical (unpaired) electrons. The van der Waals surface area contributed by atoms with Crippen LogP contribution in [-0.4, -0.2) is 42.7 Å². The Kier molecular flexibility index (Phi) is 4.20. The van der Waals surface area contributed by atoms with Crippen LogP contribution >= 0.6 is 0 Å². The van der Waals surface area contributed by atoms with Gasteiger partial charge in [0.25, 0.3) is 11.8 Å². The third-order valence-corrected chi connectivity index (χ3v) is 3.85. The van der Waals surface area contributed by atoms with Gasteiger partial charge in [0.1, 0.15) is 18.1 Å². The van der Waals surface area contributed by atoms with Crippen LogP contribution in [0.4, 0.5) is 4.39 Å². The molecular weight excluding hydrogens is 317 g/mol. The summed E-state index contributed by atoms with van der Waals surface area (Å²) in [6.07, 6.45) is 0.114. The number of fused-ring (bicyclic) bond motifs is 1. The standard InChI is InChI=1S/C16H16FN3O4/c1-23-14-6-9-12(5-10(14)15(18)21)19-3-2-13(9)24-7-8-4-11(17)16(22)20-8/h2-3,5-6,8,11H,4,7H2,1H3,(H2,18,21)(H,20,22). The number of alkyl halides is 1. The molecule has 1 aliphatic heterocycles. The van der Waals surface area contributed by atoms with Gasteiger partial charge in [0.15, 0.2) is 6.17 Å². The molecule has 1 aliphatic rings. The van der Waals surface area contributed by atoms with Crippen molar-refractivity contribution in [3.63, 3.8) is 0 Å². The molecule has 1 aromatic heterocycles. The number of carbonyl (C=O) groups excluding carboxylic acids is 2. The molecule has 2 heterocycles. The number of nitrogens with zero attached hydrogens (tertiary/aromatic N) is 1. The highest BCUT2D eigenvalue weighted by molar-refractivity contribution is 6.01. The molecule has 3 N–H and O–H groups in total. The summed E-state index contributed by atoms with van der Waals surface area (Å²) in [4.78, 5) is 26.9. The number of methoxy groups -OCH3 is 1. The van der Waals surface area contributed by atoms with Crippen molar-refractivity contribution in [1.82, 2.24) is 10.3 Å². The Morgan fingerprint density at radius 1 is 1.46 bits per heavy atom. The van der Waals surface area contributed by atoms with E-state index in [9.17, 15) is 14.0 Å². The molecule has 1 saturated heterocycles. The van der Waals surface area contributed by atoms with E-state index >= 15 is 0 Å². The van der Waals surface area contributed by atoms with Crippen LogP contribution in [0.5, 0.6) is 11.5 Å². The second-order valence-electron chi connectivity index (χ2n) is 5.46. The number of aromatic nitrogens is 1. The predicted octanol–water partition coefficient (Wildman–Crippen LogP) is 0.948. The molecule has 2 atom stereocenters. The van der Waals surface area contributed by atoms with Crippen molar-refractivity contribution in [3.05, 3.63) is 30.0 Å². The van der Waals surface area contributed by atoms with Gasteiger partial charge in [0.05, 0.1) is 24.2 Å². The quantitative estimate of drug-likeness (QED) is 0.848. The van der Waals surface area contributed by atoms with Crippen molar-refractivity contribution in [3.8, 4) is 11.5 Å². The van der Waals surface area contributed by atoms with Crippen molar-refractivity contribution in [2.24, 2.45) is 5.73 Å². The number of amides is 2. The second kappa shape index (κ2) is 6.31. The third kappa shape index (κ3) is 2.94. The molecule has 0 saturated carbocycles. The number of pyridine rings is 1. The second-order valence-corrected chi connectivity index (χ2v) is 5.46. The molecule has 8 heteroatoms. The summed E-state index contributed by atoms with van der Waals surface area (Å²) in [5.74, 6) is -0.433. The number of rotatable bonds is 5. The van der Waals surface area contributed by atoms with Gasteiger partial charge in [-0.2, -0.15) is 0 Å². The predicted molar refractivity (Wildman–Crippen MR) is 83.8 cm³/mol. The first kappa shape index (κ1) is 16.0. The summed E-state index contributed by atoms with van der Waals surface area (Å²) in [6, 6.07) is 4.40. The number of hydrogen-bond acceptors (Lipinski definition) is 5. The van der Waals surface area contributed by atoms with E-state index in [1.54, 1.807) is 12.1 Å². The molecule has 2 amide bonds. The molecular formula is C16H16FN3O4. The third-order valence-electron chi connectivity index (χ3n) is 3.85. The van der Waals surface area contributed by atoms with Crippen LogP contribution in [0.2, 0.25) is 0 Å². The van der Waals surface area contributed by atoms with Gasteiger partial charge in [-0.25, -0.2) is 4.39 Å². The number of nitrogens with two attached hydrogens (primary N) is 1. The summed E-state index contributed by atoms with van der Waals surface area (Å²) in [7, 11) is 1.43. The van der Waals surface area contributed by atoms with Gasteiger partial charge in [0, 0.05) is 18.0 Å². The lowest BCUT2D eigenvalue weighted by atomic mass is 10.1. The number of ether oxygens (including phenoxy) is 2. The van der Waals surface area contributed by atoms with Crippen LogP contribution in [0, 0.1) is 0 Å². The SMILES string of the molecule is COc1cc2c(OCC3CC(F)C(=O)N3)ccnc2cc1C(N)=O. The summed E-state index contributed by atoms with van der Waals surface area (Å²) in [6.45, 7) is 0.130. The monoisotopic (exact) mass is 333 g/mol. The van der Waals surface area contributed by atoms with E-state index in [4.69, 9.17) is 15.2 Å². The molecule has 126 valence electrons. The largest absolute Gasteiger partial charge is 0.496 e. The lowest BCUT2D eigenvalue weighted by Gasteiger charge is -2.14. The van der Waals surface area contributed by atoms with E-state index in [1.165, 1.54) is 19.4 Å². The van der Waals surface area contributed by atoms with E-state index in [0.29, 0.717) is 22.4 Å². The Hall–Kier alpha value is -2.90. The number of nitrogens with one attached hydrogen (secondary N) is 1. The zero-order chi connectivity index (χ0) is 17.3. The normalized spacial score (nSPS) is 20.0. The van der Waals surface area contributed by atoms with Gasteiger partial charge in [-0.15, -0.1) is 0 Å². The summed E-state index contributed by atoms with van der Waals surface area (Å²) >= 11 is 0. The number of hydrogen-bond donors (Lipinski definition) is 2. The molecule has 0 aliphatic carbocycles. The lowest BCUT2D eigenvalue weighted by molar-refractivity contribution is -0.123. The van der Waals surface area contributed by atoms with Crippen molar-refractivity contribution < 1.29 is 23.5 Å². The van der Waals surface area contributed by atoms with Gasteiger partial charge in [0.2, 0.25) is 0 Å². The van der Waals surface area contributed by atoms with Crippen LogP contribution < -0.4 is 20.5 Å². The van der Waals surface area contributed by atoms with E-state index in [2.05, 4.69) is 10.3 Å². The molecule has 7 nitrogen and oxygen atoms in total. The average molecular weight is 333 g/mol. The Balaban J connectivity index is 1.88. The lowest BCUT2D eigenvalue weighted by Crippen LogP contribution is -2.31.